The lowest BCUT2D eigenvalue weighted by atomic mass is 9.96. The van der Waals surface area contributed by atoms with Gasteiger partial charge in [-0.2, -0.15) is 0 Å². The number of nitrogens with two attached hydrogens (primary N) is 1. The Bertz CT molecular complexity index is 844. The van der Waals surface area contributed by atoms with Crippen LogP contribution in [0.1, 0.15) is 34.2 Å². The number of nitrogens with zero attached hydrogens (tertiary/aromatic N) is 2. The Labute approximate surface area is 177 Å². The highest BCUT2D eigenvalue weighted by Crippen LogP contribution is 2.19. The SMILES string of the molecule is NC(CC(O)CC(Cc1cncs1)NC(=O)OCc1cncs1)c1ccccc1. The standard InChI is InChI=1S/C20H24N4O3S2/c21-19(14-4-2-1-3-5-14)8-16(25)6-15(7-17-9-22-12-28-17)24-20(26)27-11-18-10-23-13-29-18/h1-5,9-10,12-13,15-16,19,25H,6-8,11,21H2,(H,24,26). The summed E-state index contributed by atoms with van der Waals surface area (Å²) in [6, 6.07) is 9.11. The Morgan fingerprint density at radius 1 is 1.10 bits per heavy atom. The number of nitrogens with one attached hydrogen (secondary N) is 1. The lowest BCUT2D eigenvalue weighted by Crippen LogP contribution is -2.39. The van der Waals surface area contributed by atoms with Crippen LogP contribution in [0.5, 0.6) is 0 Å². The highest BCUT2D eigenvalue weighted by Gasteiger charge is 2.21. The topological polar surface area (TPSA) is 110 Å². The third-order valence-electron chi connectivity index (χ3n) is 4.39. The minimum Gasteiger partial charge on any atom is -0.444 e. The first-order chi connectivity index (χ1) is 14.1. The number of rotatable bonds is 10. The number of amides is 1. The van der Waals surface area contributed by atoms with Crippen LogP contribution in [0.15, 0.2) is 53.7 Å². The second-order valence-corrected chi connectivity index (χ2v) is 8.64. The fourth-order valence-corrected chi connectivity index (χ4v) is 4.17. The van der Waals surface area contributed by atoms with Gasteiger partial charge in [0, 0.05) is 35.8 Å². The van der Waals surface area contributed by atoms with Crippen LogP contribution in [0.3, 0.4) is 0 Å². The predicted octanol–water partition coefficient (Wildman–Crippen LogP) is 3.28. The molecular formula is C20H24N4O3S2. The molecule has 1 aromatic carbocycles. The maximum Gasteiger partial charge on any atom is 0.407 e. The van der Waals surface area contributed by atoms with Crippen molar-refractivity contribution in [1.29, 1.82) is 0 Å². The van der Waals surface area contributed by atoms with E-state index in [2.05, 4.69) is 15.3 Å². The van der Waals surface area contributed by atoms with Crippen LogP contribution >= 0.6 is 22.7 Å². The number of benzene rings is 1. The molecule has 29 heavy (non-hydrogen) atoms. The van der Waals surface area contributed by atoms with Gasteiger partial charge in [-0.05, 0) is 18.4 Å². The number of carbonyl (C=O) groups is 1. The van der Waals surface area contributed by atoms with E-state index in [-0.39, 0.29) is 18.7 Å². The Morgan fingerprint density at radius 2 is 1.79 bits per heavy atom. The van der Waals surface area contributed by atoms with Gasteiger partial charge in [-0.15, -0.1) is 22.7 Å². The zero-order valence-corrected chi connectivity index (χ0v) is 17.4. The van der Waals surface area contributed by atoms with Crippen LogP contribution in [0.25, 0.3) is 0 Å². The van der Waals surface area contributed by atoms with E-state index in [1.807, 2.05) is 30.3 Å². The van der Waals surface area contributed by atoms with E-state index < -0.39 is 12.2 Å². The second-order valence-electron chi connectivity index (χ2n) is 6.70. The molecule has 0 saturated heterocycles. The second kappa shape index (κ2) is 11.0. The summed E-state index contributed by atoms with van der Waals surface area (Å²) in [6.07, 6.45) is 3.59. The lowest BCUT2D eigenvalue weighted by molar-refractivity contribution is 0.116. The average Bonchev–Trinajstić information content (AvgIpc) is 3.41. The molecule has 2 heterocycles. The summed E-state index contributed by atoms with van der Waals surface area (Å²) in [6.45, 7) is 0.172. The Kier molecular flexibility index (Phi) is 8.12. The molecule has 3 rings (SSSR count). The molecule has 0 fully saturated rings. The van der Waals surface area contributed by atoms with Crippen LogP contribution in [0.4, 0.5) is 4.79 Å². The zero-order chi connectivity index (χ0) is 20.5. The number of carbonyl (C=O) groups excluding carboxylic acids is 1. The number of hydrogen-bond donors (Lipinski definition) is 3. The number of aliphatic hydroxyl groups is 1. The van der Waals surface area contributed by atoms with Gasteiger partial charge < -0.3 is 20.9 Å². The van der Waals surface area contributed by atoms with Gasteiger partial charge in [-0.3, -0.25) is 9.97 Å². The molecule has 0 aliphatic rings. The predicted molar refractivity (Wildman–Crippen MR) is 114 cm³/mol. The molecule has 0 aliphatic carbocycles. The number of hydrogen-bond acceptors (Lipinski definition) is 8. The molecule has 0 bridgehead atoms. The van der Waals surface area contributed by atoms with Gasteiger partial charge in [0.15, 0.2) is 0 Å². The van der Waals surface area contributed by atoms with Crippen molar-refractivity contribution in [2.24, 2.45) is 5.73 Å². The van der Waals surface area contributed by atoms with Crippen molar-refractivity contribution < 1.29 is 14.6 Å². The van der Waals surface area contributed by atoms with E-state index in [1.165, 1.54) is 22.7 Å². The lowest BCUT2D eigenvalue weighted by Gasteiger charge is -2.23. The highest BCUT2D eigenvalue weighted by molar-refractivity contribution is 7.09. The normalized spacial score (nSPS) is 14.1. The van der Waals surface area contributed by atoms with Crippen molar-refractivity contribution in [3.63, 3.8) is 0 Å². The number of aliphatic hydroxyl groups excluding tert-OH is 1. The first-order valence-corrected chi connectivity index (χ1v) is 11.0. The van der Waals surface area contributed by atoms with Crippen molar-refractivity contribution in [2.45, 2.75) is 44.1 Å². The Hall–Kier alpha value is -2.33. The molecule has 4 N–H and O–H groups in total. The third-order valence-corrected chi connectivity index (χ3v) is 5.95. The monoisotopic (exact) mass is 432 g/mol. The summed E-state index contributed by atoms with van der Waals surface area (Å²) in [5.41, 5.74) is 10.6. The van der Waals surface area contributed by atoms with E-state index >= 15 is 0 Å². The average molecular weight is 433 g/mol. The largest absolute Gasteiger partial charge is 0.444 e. The summed E-state index contributed by atoms with van der Waals surface area (Å²) < 4.78 is 5.27. The van der Waals surface area contributed by atoms with Crippen LogP contribution < -0.4 is 11.1 Å². The van der Waals surface area contributed by atoms with Gasteiger partial charge in [0.2, 0.25) is 0 Å². The van der Waals surface area contributed by atoms with Crippen LogP contribution in [0, 0.1) is 0 Å². The molecule has 3 aromatic rings. The fourth-order valence-electron chi connectivity index (χ4n) is 2.99. The molecule has 2 aromatic heterocycles. The summed E-state index contributed by atoms with van der Waals surface area (Å²) in [5, 5.41) is 13.4. The van der Waals surface area contributed by atoms with E-state index in [4.69, 9.17) is 10.5 Å². The zero-order valence-electron chi connectivity index (χ0n) is 15.8. The van der Waals surface area contributed by atoms with Gasteiger partial charge in [-0.1, -0.05) is 30.3 Å². The third kappa shape index (κ3) is 7.21. The first-order valence-electron chi connectivity index (χ1n) is 9.26. The molecule has 154 valence electrons. The van der Waals surface area contributed by atoms with Crippen LogP contribution in [0.2, 0.25) is 0 Å². The van der Waals surface area contributed by atoms with E-state index in [9.17, 15) is 9.90 Å². The van der Waals surface area contributed by atoms with E-state index in [0.717, 1.165) is 15.3 Å². The maximum absolute atomic E-state index is 12.2. The summed E-state index contributed by atoms with van der Waals surface area (Å²) in [5.74, 6) is 0. The van der Waals surface area contributed by atoms with Crippen molar-refractivity contribution in [2.75, 3.05) is 0 Å². The molecule has 0 spiro atoms. The van der Waals surface area contributed by atoms with Crippen LogP contribution in [-0.4, -0.2) is 33.3 Å². The molecule has 3 atom stereocenters. The van der Waals surface area contributed by atoms with Gasteiger partial charge in [0.25, 0.3) is 0 Å². The molecule has 1 amide bonds. The van der Waals surface area contributed by atoms with Gasteiger partial charge in [0.05, 0.1) is 22.0 Å². The van der Waals surface area contributed by atoms with Crippen molar-refractivity contribution >= 4 is 28.8 Å². The maximum atomic E-state index is 12.2. The van der Waals surface area contributed by atoms with Crippen molar-refractivity contribution in [1.82, 2.24) is 15.3 Å². The molecular weight excluding hydrogens is 408 g/mol. The van der Waals surface area contributed by atoms with Crippen molar-refractivity contribution in [3.8, 4) is 0 Å². The number of alkyl carbamates (subject to hydrolysis) is 1. The van der Waals surface area contributed by atoms with Crippen LogP contribution in [-0.2, 0) is 17.8 Å². The number of thiazole rings is 2. The molecule has 0 radical (unpaired) electrons. The number of aromatic nitrogens is 2. The molecule has 9 heteroatoms. The highest BCUT2D eigenvalue weighted by atomic mass is 32.1. The summed E-state index contributed by atoms with van der Waals surface area (Å²) in [4.78, 5) is 22.2. The molecule has 0 aliphatic heterocycles. The summed E-state index contributed by atoms with van der Waals surface area (Å²) >= 11 is 2.94. The minimum absolute atomic E-state index is 0.172. The van der Waals surface area contributed by atoms with Gasteiger partial charge in [0.1, 0.15) is 6.61 Å². The molecule has 3 unspecified atom stereocenters. The minimum atomic E-state index is -0.662. The number of ether oxygens (including phenoxy) is 1. The summed E-state index contributed by atoms with van der Waals surface area (Å²) in [7, 11) is 0. The molecule has 7 nitrogen and oxygen atoms in total. The first kappa shape index (κ1) is 21.4. The van der Waals surface area contributed by atoms with Gasteiger partial charge in [-0.25, -0.2) is 4.79 Å². The fraction of sp³-hybridized carbons (Fsp3) is 0.350. The smallest absolute Gasteiger partial charge is 0.407 e. The van der Waals surface area contributed by atoms with E-state index in [0.29, 0.717) is 19.3 Å². The Morgan fingerprint density at radius 3 is 2.45 bits per heavy atom. The van der Waals surface area contributed by atoms with Gasteiger partial charge >= 0.3 is 6.09 Å². The molecule has 0 saturated carbocycles. The van der Waals surface area contributed by atoms with E-state index in [1.54, 1.807) is 23.4 Å². The van der Waals surface area contributed by atoms with Crippen molar-refractivity contribution in [3.05, 3.63) is 69.1 Å². The Balaban J connectivity index is 1.54. The quantitative estimate of drug-likeness (QED) is 0.453.